The second-order valence-corrected chi connectivity index (χ2v) is 11.4. The van der Waals surface area contributed by atoms with Gasteiger partial charge in [-0.3, -0.25) is 4.79 Å². The molecule has 0 aromatic rings. The Hall–Kier alpha value is -0.610. The smallest absolute Gasteiger partial charge is 0.311 e. The first-order chi connectivity index (χ1) is 13.4. The minimum absolute atomic E-state index is 0.0490. The van der Waals surface area contributed by atoms with Crippen molar-refractivity contribution < 1.29 is 9.53 Å². The highest BCUT2D eigenvalue weighted by Gasteiger charge is 2.66. The number of esters is 1. The summed E-state index contributed by atoms with van der Waals surface area (Å²) in [5.74, 6) is 3.05. The second kappa shape index (κ2) is 6.70. The molecule has 7 atom stereocenters. The van der Waals surface area contributed by atoms with E-state index in [2.05, 4.69) is 24.5 Å². The molecule has 1 saturated heterocycles. The molecular weight excluding hydrogens is 348 g/mol. The van der Waals surface area contributed by atoms with Crippen molar-refractivity contribution in [2.24, 2.45) is 39.9 Å². The van der Waals surface area contributed by atoms with Crippen LogP contribution >= 0.6 is 0 Å². The fourth-order valence-electron chi connectivity index (χ4n) is 9.34. The summed E-state index contributed by atoms with van der Waals surface area (Å²) in [7, 11) is 1.58. The maximum absolute atomic E-state index is 12.8. The molecular formula is C24H40N2O2. The number of ether oxygens (including phenoxy) is 1. The fraction of sp³-hybridized carbons (Fsp3) is 0.958. The quantitative estimate of drug-likeness (QED) is 0.700. The number of rotatable bonds is 2. The van der Waals surface area contributed by atoms with Gasteiger partial charge in [0.15, 0.2) is 0 Å². The number of hydrogen-bond donors (Lipinski definition) is 2. The van der Waals surface area contributed by atoms with Crippen molar-refractivity contribution in [1.82, 2.24) is 10.6 Å². The first-order valence-corrected chi connectivity index (χ1v) is 12.0. The SMILES string of the molecule is COC(=O)[C@]1(C)CCC[C@@]2(C)[C@@H]3CC[C@@H]4C[C@@]3(CC[C@@H]21)C[C@@H]4C1NCCCN1. The molecule has 4 heteroatoms. The van der Waals surface area contributed by atoms with Crippen LogP contribution in [0.1, 0.15) is 78.1 Å². The van der Waals surface area contributed by atoms with Crippen molar-refractivity contribution in [2.75, 3.05) is 20.2 Å². The molecule has 1 spiro atoms. The molecule has 0 amide bonds. The Morgan fingerprint density at radius 1 is 0.929 bits per heavy atom. The molecule has 5 fully saturated rings. The van der Waals surface area contributed by atoms with Gasteiger partial charge in [-0.05, 0) is 112 Å². The number of hydrogen-bond acceptors (Lipinski definition) is 4. The molecule has 2 bridgehead atoms. The van der Waals surface area contributed by atoms with Crippen molar-refractivity contribution in [3.8, 4) is 0 Å². The van der Waals surface area contributed by atoms with E-state index in [4.69, 9.17) is 4.74 Å². The Bertz CT molecular complexity index is 632. The molecule has 4 nitrogen and oxygen atoms in total. The molecule has 0 aromatic carbocycles. The van der Waals surface area contributed by atoms with Crippen LogP contribution in [-0.2, 0) is 9.53 Å². The Kier molecular flexibility index (Phi) is 4.63. The van der Waals surface area contributed by atoms with Gasteiger partial charge in [-0.25, -0.2) is 0 Å². The van der Waals surface area contributed by atoms with E-state index >= 15 is 0 Å². The number of methoxy groups -OCH3 is 1. The topological polar surface area (TPSA) is 50.4 Å². The maximum Gasteiger partial charge on any atom is 0.311 e. The van der Waals surface area contributed by atoms with Crippen LogP contribution in [0.15, 0.2) is 0 Å². The lowest BCUT2D eigenvalue weighted by Gasteiger charge is -2.63. The van der Waals surface area contributed by atoms with Crippen molar-refractivity contribution in [2.45, 2.75) is 84.2 Å². The minimum atomic E-state index is -0.273. The molecule has 28 heavy (non-hydrogen) atoms. The highest BCUT2D eigenvalue weighted by atomic mass is 16.5. The summed E-state index contributed by atoms with van der Waals surface area (Å²) >= 11 is 0. The lowest BCUT2D eigenvalue weighted by atomic mass is 9.41. The molecule has 1 heterocycles. The van der Waals surface area contributed by atoms with Crippen LogP contribution in [0.25, 0.3) is 0 Å². The van der Waals surface area contributed by atoms with Crippen LogP contribution in [0.2, 0.25) is 0 Å². The molecule has 4 saturated carbocycles. The van der Waals surface area contributed by atoms with Crippen molar-refractivity contribution >= 4 is 5.97 Å². The van der Waals surface area contributed by atoms with Crippen LogP contribution in [0, 0.1) is 39.9 Å². The van der Waals surface area contributed by atoms with Gasteiger partial charge in [0.2, 0.25) is 0 Å². The van der Waals surface area contributed by atoms with Gasteiger partial charge in [0.05, 0.1) is 18.7 Å². The van der Waals surface area contributed by atoms with Gasteiger partial charge in [-0.2, -0.15) is 0 Å². The molecule has 2 N–H and O–H groups in total. The molecule has 1 aliphatic heterocycles. The predicted molar refractivity (Wildman–Crippen MR) is 111 cm³/mol. The Labute approximate surface area is 170 Å². The summed E-state index contributed by atoms with van der Waals surface area (Å²) in [6.45, 7) is 7.13. The number of nitrogens with one attached hydrogen (secondary N) is 2. The first-order valence-electron chi connectivity index (χ1n) is 12.0. The van der Waals surface area contributed by atoms with Crippen LogP contribution in [0.5, 0.6) is 0 Å². The van der Waals surface area contributed by atoms with Gasteiger partial charge in [0.1, 0.15) is 0 Å². The van der Waals surface area contributed by atoms with Gasteiger partial charge < -0.3 is 15.4 Å². The van der Waals surface area contributed by atoms with Crippen LogP contribution in [-0.4, -0.2) is 32.3 Å². The van der Waals surface area contributed by atoms with E-state index in [0.717, 1.165) is 24.2 Å². The van der Waals surface area contributed by atoms with E-state index in [0.29, 0.717) is 22.9 Å². The lowest BCUT2D eigenvalue weighted by Crippen LogP contribution is -2.58. The van der Waals surface area contributed by atoms with E-state index in [1.54, 1.807) is 7.11 Å². The summed E-state index contributed by atoms with van der Waals surface area (Å²) in [4.78, 5) is 12.8. The summed E-state index contributed by atoms with van der Waals surface area (Å²) in [5.41, 5.74) is 0.575. The third kappa shape index (κ3) is 2.59. The highest BCUT2D eigenvalue weighted by molar-refractivity contribution is 5.77. The van der Waals surface area contributed by atoms with E-state index in [9.17, 15) is 4.79 Å². The summed E-state index contributed by atoms with van der Waals surface area (Å²) in [6.07, 6.45) is 13.5. The molecule has 5 rings (SSSR count). The molecule has 0 unspecified atom stereocenters. The van der Waals surface area contributed by atoms with Gasteiger partial charge in [-0.1, -0.05) is 13.3 Å². The van der Waals surface area contributed by atoms with Gasteiger partial charge in [0.25, 0.3) is 0 Å². The fourth-order valence-corrected chi connectivity index (χ4v) is 9.34. The second-order valence-electron chi connectivity index (χ2n) is 11.4. The van der Waals surface area contributed by atoms with Crippen molar-refractivity contribution in [3.05, 3.63) is 0 Å². The molecule has 0 aromatic heterocycles. The Balaban J connectivity index is 1.44. The Morgan fingerprint density at radius 3 is 2.46 bits per heavy atom. The van der Waals surface area contributed by atoms with E-state index < -0.39 is 0 Å². The maximum atomic E-state index is 12.8. The predicted octanol–water partition coefficient (Wildman–Crippen LogP) is 4.10. The van der Waals surface area contributed by atoms with Crippen molar-refractivity contribution in [1.29, 1.82) is 0 Å². The van der Waals surface area contributed by atoms with Crippen LogP contribution < -0.4 is 10.6 Å². The number of carbonyl (C=O) groups is 1. The summed E-state index contributed by atoms with van der Waals surface area (Å²) in [6, 6.07) is 0. The first kappa shape index (κ1) is 19.4. The number of fused-ring (bicyclic) bond motifs is 3. The number of carbonyl (C=O) groups excluding carboxylic acids is 1. The van der Waals surface area contributed by atoms with Gasteiger partial charge in [0, 0.05) is 0 Å². The third-order valence-electron chi connectivity index (χ3n) is 10.3. The zero-order chi connectivity index (χ0) is 19.6. The summed E-state index contributed by atoms with van der Waals surface area (Å²) < 4.78 is 5.32. The van der Waals surface area contributed by atoms with Crippen LogP contribution in [0.4, 0.5) is 0 Å². The monoisotopic (exact) mass is 388 g/mol. The normalized spacial score (nSPS) is 51.2. The minimum Gasteiger partial charge on any atom is -0.469 e. The van der Waals surface area contributed by atoms with E-state index in [1.807, 2.05) is 0 Å². The lowest BCUT2D eigenvalue weighted by molar-refractivity contribution is -0.183. The largest absolute Gasteiger partial charge is 0.469 e. The molecule has 158 valence electrons. The summed E-state index contributed by atoms with van der Waals surface area (Å²) in [5, 5.41) is 7.59. The zero-order valence-corrected chi connectivity index (χ0v) is 18.2. The molecule has 5 aliphatic rings. The Morgan fingerprint density at radius 2 is 1.71 bits per heavy atom. The van der Waals surface area contributed by atoms with Crippen molar-refractivity contribution in [3.63, 3.8) is 0 Å². The standard InChI is InChI=1S/C24H40N2O2/c1-22-9-4-10-23(2,21(27)28-3)18(22)8-11-24-14-16(6-7-19(22)24)17(15-24)20-25-12-5-13-26-20/h16-20,25-26H,4-15H2,1-3H3/t16-,17+,18+,19+,22-,23-,24+/m1/s1. The average Bonchev–Trinajstić information content (AvgIpc) is 2.98. The van der Waals surface area contributed by atoms with Crippen LogP contribution in [0.3, 0.4) is 0 Å². The van der Waals surface area contributed by atoms with E-state index in [1.165, 1.54) is 70.9 Å². The van der Waals surface area contributed by atoms with Gasteiger partial charge >= 0.3 is 5.97 Å². The van der Waals surface area contributed by atoms with E-state index in [-0.39, 0.29) is 11.4 Å². The van der Waals surface area contributed by atoms with Gasteiger partial charge in [-0.15, -0.1) is 0 Å². The average molecular weight is 389 g/mol. The third-order valence-corrected chi connectivity index (χ3v) is 10.3. The zero-order valence-electron chi connectivity index (χ0n) is 18.2. The molecule has 0 radical (unpaired) electrons. The highest BCUT2D eigenvalue weighted by Crippen LogP contribution is 2.72. The molecule has 4 aliphatic carbocycles.